The van der Waals surface area contributed by atoms with Crippen molar-refractivity contribution in [1.82, 2.24) is 14.5 Å². The van der Waals surface area contributed by atoms with Crippen LogP contribution in [0, 0.1) is 0 Å². The number of likely N-dealkylation sites (N-methyl/N-ethyl adjacent to an activating group) is 1. The molecule has 1 N–H and O–H groups in total. The number of hydrogen-bond donors (Lipinski definition) is 1. The number of amides is 1. The van der Waals surface area contributed by atoms with Crippen LogP contribution in [0.5, 0.6) is 5.75 Å². The molecule has 0 unspecified atom stereocenters. The van der Waals surface area contributed by atoms with Gasteiger partial charge in [-0.3, -0.25) is 9.69 Å². The van der Waals surface area contributed by atoms with E-state index in [4.69, 9.17) is 0 Å². The molecule has 10 heteroatoms. The normalized spacial score (nSPS) is 11.9. The molecule has 0 aromatic heterocycles. The van der Waals surface area contributed by atoms with Gasteiger partial charge in [-0.2, -0.15) is 8.78 Å². The Morgan fingerprint density at radius 3 is 2.30 bits per heavy atom. The van der Waals surface area contributed by atoms with E-state index in [-0.39, 0.29) is 29.6 Å². The van der Waals surface area contributed by atoms with Gasteiger partial charge in [-0.15, -0.1) is 0 Å². The maximum absolute atomic E-state index is 12.4. The second-order valence-corrected chi connectivity index (χ2v) is 8.99. The van der Waals surface area contributed by atoms with Crippen LogP contribution in [0.15, 0.2) is 53.4 Å². The van der Waals surface area contributed by atoms with Gasteiger partial charge >= 0.3 is 6.61 Å². The van der Waals surface area contributed by atoms with E-state index in [1.807, 2.05) is 0 Å². The molecule has 30 heavy (non-hydrogen) atoms. The van der Waals surface area contributed by atoms with Crippen molar-refractivity contribution in [1.29, 1.82) is 0 Å². The second-order valence-electron chi connectivity index (χ2n) is 6.87. The number of nitrogens with zero attached hydrogens (tertiary/aromatic N) is 2. The minimum atomic E-state index is -3.62. The van der Waals surface area contributed by atoms with Gasteiger partial charge in [-0.05, 0) is 36.4 Å². The maximum Gasteiger partial charge on any atom is 0.387 e. The van der Waals surface area contributed by atoms with Crippen LogP contribution in [-0.2, 0) is 27.9 Å². The first-order valence-electron chi connectivity index (χ1n) is 9.09. The zero-order chi connectivity index (χ0) is 22.3. The van der Waals surface area contributed by atoms with E-state index < -0.39 is 16.6 Å². The molecule has 2 aromatic rings. The zero-order valence-electron chi connectivity index (χ0n) is 17.0. The highest BCUT2D eigenvalue weighted by Gasteiger charge is 2.21. The van der Waals surface area contributed by atoms with E-state index in [1.54, 1.807) is 42.3 Å². The Labute approximate surface area is 175 Å². The van der Waals surface area contributed by atoms with Crippen LogP contribution < -0.4 is 10.1 Å². The van der Waals surface area contributed by atoms with Crippen molar-refractivity contribution in [3.05, 3.63) is 59.7 Å². The number of halogens is 2. The summed E-state index contributed by atoms with van der Waals surface area (Å²) in [6.45, 7) is -2.29. The third-order valence-electron chi connectivity index (χ3n) is 4.22. The third-order valence-corrected chi connectivity index (χ3v) is 6.14. The largest absolute Gasteiger partial charge is 0.435 e. The minimum absolute atomic E-state index is 0.0699. The topological polar surface area (TPSA) is 79.0 Å². The zero-order valence-corrected chi connectivity index (χ0v) is 17.8. The van der Waals surface area contributed by atoms with Gasteiger partial charge in [0.2, 0.25) is 15.9 Å². The number of hydrogen-bond acceptors (Lipinski definition) is 5. The molecule has 0 bridgehead atoms. The number of benzene rings is 2. The Bertz CT molecular complexity index is 951. The highest BCUT2D eigenvalue weighted by molar-refractivity contribution is 7.89. The van der Waals surface area contributed by atoms with Crippen LogP contribution in [0.25, 0.3) is 0 Å². The summed E-state index contributed by atoms with van der Waals surface area (Å²) in [7, 11) is 1.03. The number of ether oxygens (including phenoxy) is 1. The average Bonchev–Trinajstić information content (AvgIpc) is 2.67. The molecule has 0 atom stereocenters. The fourth-order valence-corrected chi connectivity index (χ4v) is 3.85. The van der Waals surface area contributed by atoms with E-state index in [9.17, 15) is 22.0 Å². The summed E-state index contributed by atoms with van der Waals surface area (Å²) >= 11 is 0. The van der Waals surface area contributed by atoms with Crippen LogP contribution in [0.4, 0.5) is 8.78 Å². The summed E-state index contributed by atoms with van der Waals surface area (Å²) < 4.78 is 54.6. The van der Waals surface area contributed by atoms with E-state index in [0.717, 1.165) is 9.87 Å². The second kappa shape index (κ2) is 10.5. The van der Waals surface area contributed by atoms with E-state index in [0.29, 0.717) is 12.1 Å². The monoisotopic (exact) mass is 441 g/mol. The maximum atomic E-state index is 12.4. The lowest BCUT2D eigenvalue weighted by Crippen LogP contribution is -2.35. The van der Waals surface area contributed by atoms with E-state index >= 15 is 0 Å². The number of carbonyl (C=O) groups excluding carboxylic acids is 1. The first kappa shape index (κ1) is 23.7. The first-order chi connectivity index (χ1) is 14.1. The molecule has 7 nitrogen and oxygen atoms in total. The van der Waals surface area contributed by atoms with Crippen LogP contribution in [0.3, 0.4) is 0 Å². The molecule has 0 heterocycles. The van der Waals surface area contributed by atoms with Crippen molar-refractivity contribution in [2.24, 2.45) is 0 Å². The molecule has 0 aliphatic rings. The molecular formula is C20H25F2N3O4S. The summed E-state index contributed by atoms with van der Waals surface area (Å²) in [5.41, 5.74) is 1.33. The van der Waals surface area contributed by atoms with Crippen LogP contribution >= 0.6 is 0 Å². The molecule has 0 aliphatic heterocycles. The number of sulfonamides is 1. The fourth-order valence-electron chi connectivity index (χ4n) is 2.74. The predicted molar refractivity (Wildman–Crippen MR) is 109 cm³/mol. The Kier molecular flexibility index (Phi) is 8.27. The molecule has 0 saturated heterocycles. The SMILES string of the molecule is CN(CC(=O)NCc1ccccc1S(=O)(=O)N(C)C)Cc1ccc(OC(F)F)cc1. The van der Waals surface area contributed by atoms with Gasteiger partial charge in [-0.25, -0.2) is 12.7 Å². The van der Waals surface area contributed by atoms with Crippen molar-refractivity contribution in [2.75, 3.05) is 27.7 Å². The van der Waals surface area contributed by atoms with Gasteiger partial charge in [0.25, 0.3) is 0 Å². The Morgan fingerprint density at radius 1 is 1.07 bits per heavy atom. The van der Waals surface area contributed by atoms with Crippen LogP contribution in [0.1, 0.15) is 11.1 Å². The van der Waals surface area contributed by atoms with Gasteiger partial charge < -0.3 is 10.1 Å². The van der Waals surface area contributed by atoms with Crippen molar-refractivity contribution >= 4 is 15.9 Å². The molecule has 0 radical (unpaired) electrons. The fraction of sp³-hybridized carbons (Fsp3) is 0.350. The average molecular weight is 442 g/mol. The quantitative estimate of drug-likeness (QED) is 0.612. The predicted octanol–water partition coefficient (Wildman–Crippen LogP) is 2.29. The van der Waals surface area contributed by atoms with Gasteiger partial charge in [0.15, 0.2) is 0 Å². The molecule has 164 valence electrons. The van der Waals surface area contributed by atoms with Crippen LogP contribution in [0.2, 0.25) is 0 Å². The lowest BCUT2D eigenvalue weighted by atomic mass is 10.2. The number of rotatable bonds is 10. The molecule has 0 saturated carbocycles. The smallest absolute Gasteiger partial charge is 0.387 e. The lowest BCUT2D eigenvalue weighted by Gasteiger charge is -2.18. The standard InChI is InChI=1S/C20H25F2N3O4S/c1-24(2)30(27,28)18-7-5-4-6-16(18)12-23-19(26)14-25(3)13-15-8-10-17(11-9-15)29-20(21)22/h4-11,20H,12-14H2,1-3H3,(H,23,26). The summed E-state index contributed by atoms with van der Waals surface area (Å²) in [6, 6.07) is 12.7. The first-order valence-corrected chi connectivity index (χ1v) is 10.5. The molecular weight excluding hydrogens is 416 g/mol. The molecule has 1 amide bonds. The highest BCUT2D eigenvalue weighted by atomic mass is 32.2. The van der Waals surface area contributed by atoms with E-state index in [2.05, 4.69) is 10.1 Å². The summed E-state index contributed by atoms with van der Waals surface area (Å²) in [6.07, 6.45) is 0. The van der Waals surface area contributed by atoms with Gasteiger partial charge in [0.05, 0.1) is 11.4 Å². The number of carbonyl (C=O) groups is 1. The third kappa shape index (κ3) is 6.75. The van der Waals surface area contributed by atoms with Crippen LogP contribution in [-0.4, -0.2) is 57.8 Å². The van der Waals surface area contributed by atoms with Crippen molar-refractivity contribution in [3.8, 4) is 5.75 Å². The van der Waals surface area contributed by atoms with E-state index in [1.165, 1.54) is 32.3 Å². The highest BCUT2D eigenvalue weighted by Crippen LogP contribution is 2.18. The number of alkyl halides is 2. The summed E-state index contributed by atoms with van der Waals surface area (Å²) in [5, 5.41) is 2.73. The van der Waals surface area contributed by atoms with Crippen molar-refractivity contribution in [3.63, 3.8) is 0 Å². The van der Waals surface area contributed by atoms with Gasteiger partial charge in [0.1, 0.15) is 5.75 Å². The van der Waals surface area contributed by atoms with Crippen molar-refractivity contribution < 1.29 is 26.7 Å². The molecule has 2 rings (SSSR count). The summed E-state index contributed by atoms with van der Waals surface area (Å²) in [5.74, 6) is -0.201. The molecule has 2 aromatic carbocycles. The summed E-state index contributed by atoms with van der Waals surface area (Å²) in [4.78, 5) is 14.2. The molecule has 0 spiro atoms. The van der Waals surface area contributed by atoms with Gasteiger partial charge in [-0.1, -0.05) is 30.3 Å². The Morgan fingerprint density at radius 2 is 1.70 bits per heavy atom. The number of nitrogens with one attached hydrogen (secondary N) is 1. The lowest BCUT2D eigenvalue weighted by molar-refractivity contribution is -0.122. The van der Waals surface area contributed by atoms with Gasteiger partial charge in [0, 0.05) is 27.2 Å². The van der Waals surface area contributed by atoms with Crippen molar-refractivity contribution in [2.45, 2.75) is 24.6 Å². The molecule has 0 fully saturated rings. The Hall–Kier alpha value is -2.56. The Balaban J connectivity index is 1.91. The minimum Gasteiger partial charge on any atom is -0.435 e. The molecule has 0 aliphatic carbocycles.